The highest BCUT2D eigenvalue weighted by molar-refractivity contribution is 14.0. The van der Waals surface area contributed by atoms with Gasteiger partial charge < -0.3 is 15.4 Å². The van der Waals surface area contributed by atoms with Crippen molar-refractivity contribution in [1.82, 2.24) is 15.6 Å². The maximum atomic E-state index is 14.1. The Morgan fingerprint density at radius 2 is 2.04 bits per heavy atom. The molecule has 0 radical (unpaired) electrons. The predicted octanol–water partition coefficient (Wildman–Crippen LogP) is 3.50. The highest BCUT2D eigenvalue weighted by atomic mass is 127. The van der Waals surface area contributed by atoms with Gasteiger partial charge in [0.2, 0.25) is 0 Å². The lowest BCUT2D eigenvalue weighted by atomic mass is 9.95. The first kappa shape index (κ1) is 21.4. The third kappa shape index (κ3) is 6.05. The van der Waals surface area contributed by atoms with E-state index in [9.17, 15) is 4.39 Å². The molecule has 1 aromatic carbocycles. The largest absolute Gasteiger partial charge is 0.490 e. The molecule has 0 atom stereocenters. The van der Waals surface area contributed by atoms with Gasteiger partial charge in [-0.2, -0.15) is 0 Å². The number of aromatic nitrogens is 1. The van der Waals surface area contributed by atoms with Gasteiger partial charge in [-0.05, 0) is 43.5 Å². The molecule has 0 amide bonds. The van der Waals surface area contributed by atoms with Crippen molar-refractivity contribution in [2.24, 2.45) is 4.99 Å². The van der Waals surface area contributed by atoms with Gasteiger partial charge in [-0.25, -0.2) is 4.39 Å². The van der Waals surface area contributed by atoms with Crippen molar-refractivity contribution in [3.05, 3.63) is 60.2 Å². The molecule has 2 N–H and O–H groups in total. The highest BCUT2D eigenvalue weighted by Crippen LogP contribution is 2.49. The molecule has 27 heavy (non-hydrogen) atoms. The predicted molar refractivity (Wildman–Crippen MR) is 116 cm³/mol. The first-order valence-electron chi connectivity index (χ1n) is 9.03. The zero-order valence-electron chi connectivity index (χ0n) is 15.5. The summed E-state index contributed by atoms with van der Waals surface area (Å²) in [6.07, 6.45) is 5.34. The fraction of sp³-hybridized carbons (Fsp3) is 0.400. The van der Waals surface area contributed by atoms with Crippen LogP contribution in [0.5, 0.6) is 5.75 Å². The van der Waals surface area contributed by atoms with Crippen molar-refractivity contribution in [2.75, 3.05) is 26.2 Å². The molecular formula is C20H26FIN4O. The van der Waals surface area contributed by atoms with Gasteiger partial charge in [0.05, 0.1) is 19.3 Å². The van der Waals surface area contributed by atoms with Crippen molar-refractivity contribution in [3.8, 4) is 5.75 Å². The maximum absolute atomic E-state index is 14.1. The van der Waals surface area contributed by atoms with E-state index >= 15 is 0 Å². The molecule has 1 aliphatic carbocycles. The topological polar surface area (TPSA) is 58.5 Å². The summed E-state index contributed by atoms with van der Waals surface area (Å²) in [7, 11) is 0. The number of halogens is 2. The van der Waals surface area contributed by atoms with Crippen LogP contribution < -0.4 is 15.4 Å². The summed E-state index contributed by atoms with van der Waals surface area (Å²) >= 11 is 0. The molecule has 2 aromatic rings. The molecule has 0 unspecified atom stereocenters. The summed E-state index contributed by atoms with van der Waals surface area (Å²) in [4.78, 5) is 8.68. The Bertz CT molecular complexity index is 738. The van der Waals surface area contributed by atoms with Crippen molar-refractivity contribution in [1.29, 1.82) is 0 Å². The van der Waals surface area contributed by atoms with Crippen LogP contribution >= 0.6 is 24.0 Å². The van der Waals surface area contributed by atoms with Crippen LogP contribution in [0.4, 0.5) is 4.39 Å². The Morgan fingerprint density at radius 1 is 1.22 bits per heavy atom. The highest BCUT2D eigenvalue weighted by Gasteiger charge is 2.45. The van der Waals surface area contributed by atoms with Gasteiger partial charge in [-0.15, -0.1) is 24.0 Å². The van der Waals surface area contributed by atoms with Crippen LogP contribution in [-0.4, -0.2) is 37.2 Å². The molecule has 1 fully saturated rings. The van der Waals surface area contributed by atoms with E-state index in [-0.39, 0.29) is 35.2 Å². The third-order valence-electron chi connectivity index (χ3n) is 4.48. The van der Waals surface area contributed by atoms with Gasteiger partial charge in [0.25, 0.3) is 0 Å². The lowest BCUT2D eigenvalue weighted by Crippen LogP contribution is -2.40. The Kier molecular flexibility index (Phi) is 8.27. The number of hydrogen-bond acceptors (Lipinski definition) is 3. The van der Waals surface area contributed by atoms with Crippen molar-refractivity contribution in [3.63, 3.8) is 0 Å². The second kappa shape index (κ2) is 10.4. The molecule has 1 aromatic heterocycles. The third-order valence-corrected chi connectivity index (χ3v) is 4.48. The van der Waals surface area contributed by atoms with Gasteiger partial charge in [0.15, 0.2) is 5.96 Å². The van der Waals surface area contributed by atoms with E-state index in [1.165, 1.54) is 6.07 Å². The number of guanidine groups is 1. The lowest BCUT2D eigenvalue weighted by molar-refractivity contribution is 0.320. The van der Waals surface area contributed by atoms with E-state index in [2.05, 4.69) is 20.6 Å². The SMILES string of the molecule is CCNC(=NCC1(c2ccccc2F)CC1)NCCOc1cccnc1.I. The molecule has 1 saturated carbocycles. The Morgan fingerprint density at radius 3 is 2.70 bits per heavy atom. The molecule has 5 nitrogen and oxygen atoms in total. The number of nitrogens with one attached hydrogen (secondary N) is 2. The first-order chi connectivity index (χ1) is 12.7. The average Bonchev–Trinajstić information content (AvgIpc) is 3.45. The Hall–Kier alpha value is -1.90. The molecule has 0 aliphatic heterocycles. The summed E-state index contributed by atoms with van der Waals surface area (Å²) in [5.41, 5.74) is 0.624. The van der Waals surface area contributed by atoms with Gasteiger partial charge in [0, 0.05) is 18.2 Å². The molecule has 7 heteroatoms. The van der Waals surface area contributed by atoms with Gasteiger partial charge in [-0.1, -0.05) is 18.2 Å². The van der Waals surface area contributed by atoms with Gasteiger partial charge in [-0.3, -0.25) is 9.98 Å². The van der Waals surface area contributed by atoms with Gasteiger partial charge in [0.1, 0.15) is 18.2 Å². The molecular weight excluding hydrogens is 458 g/mol. The first-order valence-corrected chi connectivity index (χ1v) is 9.03. The number of hydrogen-bond donors (Lipinski definition) is 2. The van der Waals surface area contributed by atoms with Crippen LogP contribution in [0, 0.1) is 5.82 Å². The quantitative estimate of drug-likeness (QED) is 0.261. The van der Waals surface area contributed by atoms with Crippen LogP contribution in [0.25, 0.3) is 0 Å². The van der Waals surface area contributed by atoms with Crippen molar-refractivity contribution < 1.29 is 9.13 Å². The average molecular weight is 484 g/mol. The molecule has 146 valence electrons. The van der Waals surface area contributed by atoms with Crippen LogP contribution in [0.2, 0.25) is 0 Å². The Labute approximate surface area is 176 Å². The second-order valence-corrected chi connectivity index (χ2v) is 6.42. The van der Waals surface area contributed by atoms with Crippen LogP contribution in [0.3, 0.4) is 0 Å². The van der Waals surface area contributed by atoms with Crippen LogP contribution in [-0.2, 0) is 5.41 Å². The van der Waals surface area contributed by atoms with E-state index in [1.807, 2.05) is 31.2 Å². The summed E-state index contributed by atoms with van der Waals surface area (Å²) in [5.74, 6) is 1.33. The molecule has 0 spiro atoms. The summed E-state index contributed by atoms with van der Waals surface area (Å²) in [6, 6.07) is 10.7. The zero-order chi connectivity index (χ0) is 18.2. The summed E-state index contributed by atoms with van der Waals surface area (Å²) in [6.45, 7) is 4.49. The minimum Gasteiger partial charge on any atom is -0.490 e. The minimum atomic E-state index is -0.153. The fourth-order valence-corrected chi connectivity index (χ4v) is 2.90. The smallest absolute Gasteiger partial charge is 0.191 e. The Balaban J connectivity index is 0.00000261. The molecule has 0 saturated heterocycles. The fourth-order valence-electron chi connectivity index (χ4n) is 2.90. The number of benzene rings is 1. The molecule has 1 aliphatic rings. The van der Waals surface area contributed by atoms with Gasteiger partial charge >= 0.3 is 0 Å². The van der Waals surface area contributed by atoms with E-state index in [0.717, 1.165) is 36.7 Å². The molecule has 0 bridgehead atoms. The number of nitrogens with zero attached hydrogens (tertiary/aromatic N) is 2. The van der Waals surface area contributed by atoms with E-state index in [0.29, 0.717) is 19.7 Å². The normalized spacial score (nSPS) is 14.8. The summed E-state index contributed by atoms with van der Waals surface area (Å²) in [5, 5.41) is 6.48. The van der Waals surface area contributed by atoms with Crippen molar-refractivity contribution >= 4 is 29.9 Å². The lowest BCUT2D eigenvalue weighted by Gasteiger charge is -2.16. The van der Waals surface area contributed by atoms with Crippen LogP contribution in [0.15, 0.2) is 53.8 Å². The maximum Gasteiger partial charge on any atom is 0.191 e. The van der Waals surface area contributed by atoms with Crippen LogP contribution in [0.1, 0.15) is 25.3 Å². The second-order valence-electron chi connectivity index (χ2n) is 6.42. The molecule has 1 heterocycles. The van der Waals surface area contributed by atoms with E-state index < -0.39 is 0 Å². The number of ether oxygens (including phenoxy) is 1. The van der Waals surface area contributed by atoms with Crippen molar-refractivity contribution in [2.45, 2.75) is 25.2 Å². The standard InChI is InChI=1S/C20H25FN4O.HI/c1-2-23-19(24-12-13-26-16-6-5-11-22-14-16)25-15-20(9-10-20)17-7-3-4-8-18(17)21;/h3-8,11,14H,2,9-10,12-13,15H2,1H3,(H2,23,24,25);1H. The van der Waals surface area contributed by atoms with E-state index in [1.54, 1.807) is 18.5 Å². The molecule has 3 rings (SSSR count). The zero-order valence-corrected chi connectivity index (χ0v) is 17.8. The number of pyridine rings is 1. The minimum absolute atomic E-state index is 0. The monoisotopic (exact) mass is 484 g/mol. The number of aliphatic imine (C=N–C) groups is 1. The van der Waals surface area contributed by atoms with E-state index in [4.69, 9.17) is 4.74 Å². The summed E-state index contributed by atoms with van der Waals surface area (Å²) < 4.78 is 19.7. The number of rotatable bonds is 8.